The van der Waals surface area contributed by atoms with Crippen LogP contribution in [-0.2, 0) is 5.88 Å². The Morgan fingerprint density at radius 3 is 1.77 bits per heavy atom. The minimum absolute atomic E-state index is 0.00330. The molecule has 0 aliphatic heterocycles. The molecule has 0 bridgehead atoms. The molecule has 0 atom stereocenters. The molecule has 0 saturated heterocycles. The van der Waals surface area contributed by atoms with E-state index in [1.165, 1.54) is 0 Å². The highest BCUT2D eigenvalue weighted by Gasteiger charge is 2.19. The third kappa shape index (κ3) is 2.00. The molecule has 0 heterocycles. The second-order valence-electron chi connectivity index (χ2n) is 2.18. The summed E-state index contributed by atoms with van der Waals surface area (Å²) in [6, 6.07) is 0. The third-order valence-electron chi connectivity index (χ3n) is 1.43. The monoisotopic (exact) mass is 280 g/mol. The summed E-state index contributed by atoms with van der Waals surface area (Å²) in [7, 11) is 0. The zero-order valence-corrected chi connectivity index (χ0v) is 9.75. The summed E-state index contributed by atoms with van der Waals surface area (Å²) >= 11 is 27.9. The lowest BCUT2D eigenvalue weighted by Crippen LogP contribution is -1.92. The van der Waals surface area contributed by atoms with Crippen molar-refractivity contribution in [1.29, 1.82) is 0 Å². The molecule has 0 aromatic heterocycles. The summed E-state index contributed by atoms with van der Waals surface area (Å²) in [6.07, 6.45) is 0. The highest BCUT2D eigenvalue weighted by atomic mass is 35.5. The van der Waals surface area contributed by atoms with E-state index in [1.54, 1.807) is 0 Å². The van der Waals surface area contributed by atoms with Crippen LogP contribution in [0.15, 0.2) is 0 Å². The number of hydrogen-bond acceptors (Lipinski definition) is 0. The van der Waals surface area contributed by atoms with Crippen molar-refractivity contribution < 1.29 is 4.39 Å². The van der Waals surface area contributed by atoms with Crippen molar-refractivity contribution in [1.82, 2.24) is 0 Å². The van der Waals surface area contributed by atoms with Crippen molar-refractivity contribution in [3.8, 4) is 0 Å². The van der Waals surface area contributed by atoms with Crippen LogP contribution in [0.3, 0.4) is 0 Å². The number of alkyl halides is 1. The first kappa shape index (κ1) is 11.7. The third-order valence-corrected chi connectivity index (χ3v) is 3.52. The lowest BCUT2D eigenvalue weighted by molar-refractivity contribution is 0.617. The smallest absolute Gasteiger partial charge is 0.149 e. The van der Waals surface area contributed by atoms with Gasteiger partial charge < -0.3 is 0 Å². The molecular weight excluding hydrogens is 280 g/mol. The standard InChI is InChI=1S/C7H2Cl5F/c8-1-2-3(9)4(10)5(11)6(12)7(2)13/h1H2. The lowest BCUT2D eigenvalue weighted by atomic mass is 10.2. The predicted octanol–water partition coefficient (Wildman–Crippen LogP) is 5.18. The van der Waals surface area contributed by atoms with E-state index in [2.05, 4.69) is 0 Å². The van der Waals surface area contributed by atoms with E-state index in [0.29, 0.717) is 0 Å². The van der Waals surface area contributed by atoms with Gasteiger partial charge in [0.2, 0.25) is 0 Å². The Hall–Kier alpha value is 0.600. The Morgan fingerprint density at radius 1 is 0.846 bits per heavy atom. The Bertz CT molecular complexity index is 320. The van der Waals surface area contributed by atoms with Crippen molar-refractivity contribution in [2.24, 2.45) is 0 Å². The van der Waals surface area contributed by atoms with E-state index in [0.717, 1.165) is 0 Å². The molecule has 1 rings (SSSR count). The molecule has 0 amide bonds. The van der Waals surface area contributed by atoms with Gasteiger partial charge in [0, 0.05) is 5.56 Å². The van der Waals surface area contributed by atoms with Crippen LogP contribution in [0.4, 0.5) is 4.39 Å². The maximum absolute atomic E-state index is 13.3. The van der Waals surface area contributed by atoms with Crippen molar-refractivity contribution in [3.05, 3.63) is 31.5 Å². The molecule has 6 heteroatoms. The second kappa shape index (κ2) is 4.41. The summed E-state index contributed by atoms with van der Waals surface area (Å²) in [4.78, 5) is 0. The first-order valence-electron chi connectivity index (χ1n) is 3.07. The van der Waals surface area contributed by atoms with Crippen LogP contribution in [-0.4, -0.2) is 0 Å². The van der Waals surface area contributed by atoms with Gasteiger partial charge in [0.1, 0.15) is 5.82 Å². The number of halogens is 6. The predicted molar refractivity (Wildman–Crippen MR) is 56.0 cm³/mol. The Morgan fingerprint density at radius 2 is 1.31 bits per heavy atom. The summed E-state index contributed by atoms with van der Waals surface area (Å²) in [5.41, 5.74) is 0.0581. The average molecular weight is 282 g/mol. The molecule has 13 heavy (non-hydrogen) atoms. The Kier molecular flexibility index (Phi) is 3.96. The molecule has 72 valence electrons. The fourth-order valence-electron chi connectivity index (χ4n) is 0.768. The Balaban J connectivity index is 3.56. The zero-order valence-electron chi connectivity index (χ0n) is 5.97. The molecule has 0 nitrogen and oxygen atoms in total. The van der Waals surface area contributed by atoms with Crippen molar-refractivity contribution >= 4 is 58.0 Å². The topological polar surface area (TPSA) is 0 Å². The molecular formula is C7H2Cl5F. The molecule has 0 aliphatic carbocycles. The van der Waals surface area contributed by atoms with E-state index in [4.69, 9.17) is 58.0 Å². The van der Waals surface area contributed by atoms with Crippen molar-refractivity contribution in [3.63, 3.8) is 0 Å². The van der Waals surface area contributed by atoms with Crippen LogP contribution in [0.5, 0.6) is 0 Å². The zero-order chi connectivity index (χ0) is 10.2. The summed E-state index contributed by atoms with van der Waals surface area (Å²) in [6.45, 7) is 0. The molecule has 0 N–H and O–H groups in total. The quantitative estimate of drug-likeness (QED) is 0.378. The van der Waals surface area contributed by atoms with Crippen LogP contribution >= 0.6 is 58.0 Å². The summed E-state index contributed by atoms with van der Waals surface area (Å²) in [5.74, 6) is -0.836. The van der Waals surface area contributed by atoms with Crippen LogP contribution in [0.2, 0.25) is 20.1 Å². The van der Waals surface area contributed by atoms with E-state index >= 15 is 0 Å². The SMILES string of the molecule is Fc1c(Cl)c(Cl)c(Cl)c(Cl)c1CCl. The van der Waals surface area contributed by atoms with Gasteiger partial charge in [-0.25, -0.2) is 4.39 Å². The van der Waals surface area contributed by atoms with Crippen molar-refractivity contribution in [2.75, 3.05) is 0 Å². The van der Waals surface area contributed by atoms with Gasteiger partial charge in [-0.05, 0) is 0 Å². The van der Waals surface area contributed by atoms with Gasteiger partial charge in [-0.3, -0.25) is 0 Å². The van der Waals surface area contributed by atoms with Crippen LogP contribution in [0.1, 0.15) is 5.56 Å². The minimum Gasteiger partial charge on any atom is -0.205 e. The van der Waals surface area contributed by atoms with E-state index in [-0.39, 0.29) is 31.5 Å². The van der Waals surface area contributed by atoms with Gasteiger partial charge >= 0.3 is 0 Å². The van der Waals surface area contributed by atoms with Crippen LogP contribution in [0, 0.1) is 5.82 Å². The van der Waals surface area contributed by atoms with E-state index < -0.39 is 5.82 Å². The number of benzene rings is 1. The highest BCUT2D eigenvalue weighted by Crippen LogP contribution is 2.40. The van der Waals surface area contributed by atoms with Gasteiger partial charge in [-0.2, -0.15) is 0 Å². The molecule has 1 aromatic rings. The van der Waals surface area contributed by atoms with Gasteiger partial charge in [0.15, 0.2) is 0 Å². The Labute approximate surface area is 99.5 Å². The van der Waals surface area contributed by atoms with Crippen LogP contribution < -0.4 is 0 Å². The van der Waals surface area contributed by atoms with Crippen LogP contribution in [0.25, 0.3) is 0 Å². The average Bonchev–Trinajstić information content (AvgIpc) is 2.13. The molecule has 0 radical (unpaired) electrons. The fraction of sp³-hybridized carbons (Fsp3) is 0.143. The van der Waals surface area contributed by atoms with Gasteiger partial charge in [-0.1, -0.05) is 46.4 Å². The summed E-state index contributed by atoms with van der Waals surface area (Å²) < 4.78 is 13.3. The van der Waals surface area contributed by atoms with Gasteiger partial charge in [0.25, 0.3) is 0 Å². The first-order chi connectivity index (χ1) is 6.00. The minimum atomic E-state index is -0.726. The second-order valence-corrected chi connectivity index (χ2v) is 3.96. The molecule has 0 fully saturated rings. The fourth-order valence-corrected chi connectivity index (χ4v) is 2.02. The van der Waals surface area contributed by atoms with Gasteiger partial charge in [0.05, 0.1) is 26.0 Å². The number of hydrogen-bond donors (Lipinski definition) is 0. The molecule has 0 saturated carbocycles. The molecule has 0 spiro atoms. The number of rotatable bonds is 1. The van der Waals surface area contributed by atoms with E-state index in [1.807, 2.05) is 0 Å². The maximum Gasteiger partial charge on any atom is 0.149 e. The summed E-state index contributed by atoms with van der Waals surface area (Å²) in [5, 5.41) is -0.333. The van der Waals surface area contributed by atoms with Gasteiger partial charge in [-0.15, -0.1) is 11.6 Å². The lowest BCUT2D eigenvalue weighted by Gasteiger charge is -2.08. The van der Waals surface area contributed by atoms with E-state index in [9.17, 15) is 4.39 Å². The first-order valence-corrected chi connectivity index (χ1v) is 5.11. The largest absolute Gasteiger partial charge is 0.205 e. The highest BCUT2D eigenvalue weighted by molar-refractivity contribution is 6.52. The normalized spacial score (nSPS) is 10.6. The van der Waals surface area contributed by atoms with Crippen molar-refractivity contribution in [2.45, 2.75) is 5.88 Å². The molecule has 0 aliphatic rings. The maximum atomic E-state index is 13.3. The molecule has 0 unspecified atom stereocenters. The molecule has 1 aromatic carbocycles.